The molecule has 0 heterocycles. The summed E-state index contributed by atoms with van der Waals surface area (Å²) in [4.78, 5) is 13.2. The monoisotopic (exact) mass is 411 g/mol. The van der Waals surface area contributed by atoms with Crippen LogP contribution in [0.4, 0.5) is 0 Å². The van der Waals surface area contributed by atoms with Crippen molar-refractivity contribution in [2.45, 2.75) is 23.2 Å². The molecule has 4 rings (SSSR count). The minimum Gasteiger partial charge on any atom is -0.497 e. The molecular weight excluding hydrogens is 390 g/mol. The molecule has 0 atom stereocenters. The van der Waals surface area contributed by atoms with Crippen LogP contribution >= 0.6 is 0 Å². The fraction of sp³-hybridized carbons (Fsp3) is 0.227. The molecule has 1 N–H and O–H groups in total. The second-order valence-corrected chi connectivity index (χ2v) is 8.71. The highest BCUT2D eigenvalue weighted by Gasteiger charge is 2.54. The van der Waals surface area contributed by atoms with Crippen LogP contribution in [-0.2, 0) is 20.2 Å². The molecule has 0 unspecified atom stereocenters. The summed E-state index contributed by atoms with van der Waals surface area (Å²) in [7, 11) is -0.986. The predicted octanol–water partition coefficient (Wildman–Crippen LogP) is 3.39. The summed E-state index contributed by atoms with van der Waals surface area (Å²) >= 11 is 0. The summed E-state index contributed by atoms with van der Waals surface area (Å²) in [6.07, 6.45) is 1.07. The number of hydrogen-bond acceptors (Lipinski definition) is 5. The van der Waals surface area contributed by atoms with Crippen molar-refractivity contribution in [1.29, 1.82) is 0 Å². The van der Waals surface area contributed by atoms with Gasteiger partial charge in [0.05, 0.1) is 24.5 Å². The number of ether oxygens (including phenoxy) is 2. The van der Waals surface area contributed by atoms with E-state index < -0.39 is 21.3 Å². The van der Waals surface area contributed by atoms with Gasteiger partial charge in [0.1, 0.15) is 11.5 Å². The summed E-state index contributed by atoms with van der Waals surface area (Å²) in [5.74, 6) is 0.551. The van der Waals surface area contributed by atoms with E-state index in [-0.39, 0.29) is 4.90 Å². The van der Waals surface area contributed by atoms with Gasteiger partial charge in [0, 0.05) is 10.9 Å². The van der Waals surface area contributed by atoms with Crippen molar-refractivity contribution in [2.75, 3.05) is 14.2 Å². The number of benzene rings is 3. The molecule has 0 aliphatic heterocycles. The highest BCUT2D eigenvalue weighted by Crippen LogP contribution is 2.52. The second kappa shape index (κ2) is 7.08. The smallest absolute Gasteiger partial charge is 0.264 e. The van der Waals surface area contributed by atoms with Gasteiger partial charge in [-0.15, -0.1) is 0 Å². The molecule has 1 amide bonds. The largest absolute Gasteiger partial charge is 0.497 e. The maximum Gasteiger partial charge on any atom is 0.264 e. The molecule has 3 aromatic carbocycles. The average Bonchev–Trinajstić information content (AvgIpc) is 3.54. The zero-order valence-electron chi connectivity index (χ0n) is 16.1. The van der Waals surface area contributed by atoms with Crippen molar-refractivity contribution >= 4 is 26.7 Å². The van der Waals surface area contributed by atoms with Gasteiger partial charge in [-0.3, -0.25) is 4.79 Å². The van der Waals surface area contributed by atoms with Gasteiger partial charge in [-0.2, -0.15) is 0 Å². The highest BCUT2D eigenvalue weighted by atomic mass is 32.2. The molecule has 1 aliphatic carbocycles. The molecule has 0 saturated heterocycles. The SMILES string of the molecule is COc1ccc(OC)c(C2(C(=O)NS(=O)(=O)c3cccc4ccccc34)CC2)c1. The lowest BCUT2D eigenvalue weighted by Crippen LogP contribution is -2.39. The topological polar surface area (TPSA) is 81.7 Å². The second-order valence-electron chi connectivity index (χ2n) is 7.06. The van der Waals surface area contributed by atoms with Gasteiger partial charge in [0.15, 0.2) is 0 Å². The number of fused-ring (bicyclic) bond motifs is 1. The predicted molar refractivity (Wildman–Crippen MR) is 110 cm³/mol. The zero-order valence-corrected chi connectivity index (χ0v) is 17.0. The molecule has 0 bridgehead atoms. The van der Waals surface area contributed by atoms with E-state index in [0.29, 0.717) is 35.3 Å². The number of carbonyl (C=O) groups is 1. The van der Waals surface area contributed by atoms with E-state index in [1.807, 2.05) is 18.2 Å². The van der Waals surface area contributed by atoms with Crippen LogP contribution in [0.5, 0.6) is 11.5 Å². The van der Waals surface area contributed by atoms with Gasteiger partial charge in [-0.05, 0) is 42.5 Å². The molecule has 0 aromatic heterocycles. The summed E-state index contributed by atoms with van der Waals surface area (Å²) in [5, 5.41) is 1.36. The normalized spacial score (nSPS) is 15.0. The molecule has 6 nitrogen and oxygen atoms in total. The third-order valence-electron chi connectivity index (χ3n) is 5.37. The first-order chi connectivity index (χ1) is 13.9. The van der Waals surface area contributed by atoms with Gasteiger partial charge in [0.2, 0.25) is 5.91 Å². The van der Waals surface area contributed by atoms with Crippen molar-refractivity contribution < 1.29 is 22.7 Å². The lowest BCUT2D eigenvalue weighted by Gasteiger charge is -2.19. The molecule has 0 spiro atoms. The van der Waals surface area contributed by atoms with Crippen molar-refractivity contribution in [1.82, 2.24) is 4.72 Å². The molecule has 150 valence electrons. The van der Waals surface area contributed by atoms with Crippen molar-refractivity contribution in [3.63, 3.8) is 0 Å². The van der Waals surface area contributed by atoms with E-state index in [9.17, 15) is 13.2 Å². The first-order valence-corrected chi connectivity index (χ1v) is 10.7. The fourth-order valence-electron chi connectivity index (χ4n) is 3.64. The molecule has 1 aliphatic rings. The van der Waals surface area contributed by atoms with Crippen LogP contribution in [0.2, 0.25) is 0 Å². The number of methoxy groups -OCH3 is 2. The molecule has 3 aromatic rings. The van der Waals surface area contributed by atoms with E-state index in [2.05, 4.69) is 4.72 Å². The van der Waals surface area contributed by atoms with E-state index in [1.54, 1.807) is 36.4 Å². The first-order valence-electron chi connectivity index (χ1n) is 9.19. The van der Waals surface area contributed by atoms with Crippen LogP contribution in [0.15, 0.2) is 65.6 Å². The minimum atomic E-state index is -4.04. The number of nitrogens with one attached hydrogen (secondary N) is 1. The third-order valence-corrected chi connectivity index (χ3v) is 6.76. The highest BCUT2D eigenvalue weighted by molar-refractivity contribution is 7.90. The Morgan fingerprint density at radius 1 is 0.966 bits per heavy atom. The maximum absolute atomic E-state index is 13.1. The van der Waals surface area contributed by atoms with Crippen LogP contribution in [-0.4, -0.2) is 28.5 Å². The number of carbonyl (C=O) groups excluding carboxylic acids is 1. The number of hydrogen-bond donors (Lipinski definition) is 1. The fourth-order valence-corrected chi connectivity index (χ4v) is 4.92. The minimum absolute atomic E-state index is 0.0809. The Balaban J connectivity index is 1.71. The van der Waals surface area contributed by atoms with Gasteiger partial charge >= 0.3 is 0 Å². The van der Waals surface area contributed by atoms with Gasteiger partial charge < -0.3 is 9.47 Å². The lowest BCUT2D eigenvalue weighted by molar-refractivity contribution is -0.121. The van der Waals surface area contributed by atoms with Gasteiger partial charge in [-0.1, -0.05) is 36.4 Å². The molecule has 1 saturated carbocycles. The van der Waals surface area contributed by atoms with Crippen LogP contribution < -0.4 is 14.2 Å². The molecule has 0 radical (unpaired) electrons. The van der Waals surface area contributed by atoms with Crippen LogP contribution in [0.25, 0.3) is 10.8 Å². The first kappa shape index (κ1) is 19.3. The number of rotatable bonds is 6. The van der Waals surface area contributed by atoms with E-state index in [4.69, 9.17) is 9.47 Å². The summed E-state index contributed by atoms with van der Waals surface area (Å²) < 4.78 is 39.1. The molecular formula is C22H21NO5S. The van der Waals surface area contributed by atoms with E-state index in [0.717, 1.165) is 5.39 Å². The quantitative estimate of drug-likeness (QED) is 0.672. The number of amides is 1. The lowest BCUT2D eigenvalue weighted by atomic mass is 9.94. The van der Waals surface area contributed by atoms with Crippen molar-refractivity contribution in [3.8, 4) is 11.5 Å². The average molecular weight is 411 g/mol. The van der Waals surface area contributed by atoms with Gasteiger partial charge in [-0.25, -0.2) is 13.1 Å². The summed E-state index contributed by atoms with van der Waals surface area (Å²) in [5.41, 5.74) is -0.317. The van der Waals surface area contributed by atoms with Crippen LogP contribution in [0.1, 0.15) is 18.4 Å². The third kappa shape index (κ3) is 3.31. The standard InChI is InChI=1S/C22H21NO5S/c1-27-16-10-11-19(28-2)18(14-16)22(12-13-22)21(24)23-29(25,26)20-9-5-7-15-6-3-4-8-17(15)20/h3-11,14H,12-13H2,1-2H3,(H,23,24). The molecule has 29 heavy (non-hydrogen) atoms. The van der Waals surface area contributed by atoms with Crippen molar-refractivity contribution in [3.05, 3.63) is 66.2 Å². The molecule has 1 fully saturated rings. The Morgan fingerprint density at radius 3 is 2.38 bits per heavy atom. The Labute approximate surface area is 169 Å². The maximum atomic E-state index is 13.1. The van der Waals surface area contributed by atoms with E-state index >= 15 is 0 Å². The number of sulfonamides is 1. The van der Waals surface area contributed by atoms with E-state index in [1.165, 1.54) is 20.3 Å². The van der Waals surface area contributed by atoms with Crippen molar-refractivity contribution in [2.24, 2.45) is 0 Å². The Kier molecular flexibility index (Phi) is 4.70. The summed E-state index contributed by atoms with van der Waals surface area (Å²) in [6.45, 7) is 0. The Bertz CT molecular complexity index is 1190. The molecule has 7 heteroatoms. The summed E-state index contributed by atoms with van der Waals surface area (Å²) in [6, 6.07) is 17.4. The zero-order chi connectivity index (χ0) is 20.6. The van der Waals surface area contributed by atoms with Crippen LogP contribution in [0.3, 0.4) is 0 Å². The Morgan fingerprint density at radius 2 is 1.69 bits per heavy atom. The van der Waals surface area contributed by atoms with Crippen LogP contribution in [0, 0.1) is 0 Å². The Hall–Kier alpha value is -3.06. The van der Waals surface area contributed by atoms with Gasteiger partial charge in [0.25, 0.3) is 10.0 Å².